The summed E-state index contributed by atoms with van der Waals surface area (Å²) in [6.07, 6.45) is 0. The Hall–Kier alpha value is -1.29. The molecule has 102 valence electrons. The molecule has 4 heteroatoms. The van der Waals surface area contributed by atoms with Crippen molar-refractivity contribution in [2.75, 3.05) is 0 Å². The van der Waals surface area contributed by atoms with Crippen LogP contribution >= 0.6 is 11.5 Å². The molecule has 0 aliphatic carbocycles. The first-order chi connectivity index (χ1) is 8.90. The van der Waals surface area contributed by atoms with E-state index in [1.807, 2.05) is 19.9 Å². The van der Waals surface area contributed by atoms with Crippen molar-refractivity contribution in [2.24, 2.45) is 0 Å². The number of aromatic nitrogens is 1. The third-order valence-electron chi connectivity index (χ3n) is 3.10. The van der Waals surface area contributed by atoms with E-state index in [0.717, 1.165) is 21.7 Å². The summed E-state index contributed by atoms with van der Waals surface area (Å²) in [6.45, 7) is 8.07. The molecule has 0 unspecified atom stereocenters. The van der Waals surface area contributed by atoms with E-state index in [9.17, 15) is 8.78 Å². The average Bonchev–Trinajstić information content (AvgIpc) is 2.81. The molecule has 0 N–H and O–H groups in total. The third kappa shape index (κ3) is 2.84. The lowest BCUT2D eigenvalue weighted by molar-refractivity contribution is 0.507. The molecule has 1 aromatic carbocycles. The van der Waals surface area contributed by atoms with Crippen LogP contribution in [-0.2, 0) is 0 Å². The van der Waals surface area contributed by atoms with Gasteiger partial charge in [-0.2, -0.15) is 4.37 Å². The first-order valence-corrected chi connectivity index (χ1v) is 7.13. The number of hydrogen-bond acceptors (Lipinski definition) is 2. The molecule has 0 radical (unpaired) electrons. The zero-order valence-electron chi connectivity index (χ0n) is 11.5. The maximum absolute atomic E-state index is 13.5. The second-order valence-corrected chi connectivity index (χ2v) is 6.08. The molecule has 0 spiro atoms. The summed E-state index contributed by atoms with van der Waals surface area (Å²) in [4.78, 5) is 0.895. The van der Waals surface area contributed by atoms with Crippen molar-refractivity contribution in [3.05, 3.63) is 41.1 Å². The van der Waals surface area contributed by atoms with E-state index in [4.69, 9.17) is 0 Å². The Morgan fingerprint density at radius 2 is 1.58 bits per heavy atom. The van der Waals surface area contributed by atoms with Crippen LogP contribution in [0, 0.1) is 11.6 Å². The molecule has 0 saturated carbocycles. The number of hydrogen-bond donors (Lipinski definition) is 0. The minimum absolute atomic E-state index is 0.134. The van der Waals surface area contributed by atoms with Crippen LogP contribution in [0.5, 0.6) is 0 Å². The van der Waals surface area contributed by atoms with Crippen LogP contribution in [0.3, 0.4) is 0 Å². The summed E-state index contributed by atoms with van der Waals surface area (Å²) in [7, 11) is 0. The maximum Gasteiger partial charge on any atom is 0.159 e. The molecule has 1 aromatic heterocycles. The highest BCUT2D eigenvalue weighted by atomic mass is 32.1. The molecular weight excluding hydrogens is 264 g/mol. The van der Waals surface area contributed by atoms with Gasteiger partial charge in [0.15, 0.2) is 11.6 Å². The van der Waals surface area contributed by atoms with E-state index in [1.165, 1.54) is 23.7 Å². The SMILES string of the molecule is CC(C)c1cc(-c2cc(F)c(F)cc2C(C)C)sn1. The molecule has 0 amide bonds. The zero-order valence-corrected chi connectivity index (χ0v) is 12.3. The standard InChI is InChI=1S/C15H17F2NS/c1-8(2)10-5-12(16)13(17)6-11(10)15-7-14(9(3)4)18-19-15/h5-9H,1-4H3. The van der Waals surface area contributed by atoms with Gasteiger partial charge in [0.25, 0.3) is 0 Å². The minimum Gasteiger partial charge on any atom is -0.204 e. The fourth-order valence-electron chi connectivity index (χ4n) is 1.94. The van der Waals surface area contributed by atoms with Crippen LogP contribution in [0.1, 0.15) is 50.8 Å². The lowest BCUT2D eigenvalue weighted by Crippen LogP contribution is -1.96. The Bertz CT molecular complexity index is 588. The molecule has 1 heterocycles. The highest BCUT2D eigenvalue weighted by molar-refractivity contribution is 7.09. The molecule has 0 bridgehead atoms. The number of benzene rings is 1. The summed E-state index contributed by atoms with van der Waals surface area (Å²) in [5.74, 6) is -1.13. The van der Waals surface area contributed by atoms with Crippen LogP contribution in [0.2, 0.25) is 0 Å². The Morgan fingerprint density at radius 3 is 2.11 bits per heavy atom. The molecule has 0 aliphatic heterocycles. The summed E-state index contributed by atoms with van der Waals surface area (Å²) in [5.41, 5.74) is 2.55. The third-order valence-corrected chi connectivity index (χ3v) is 3.94. The van der Waals surface area contributed by atoms with Crippen LogP contribution in [-0.4, -0.2) is 4.37 Å². The van der Waals surface area contributed by atoms with Crippen LogP contribution in [0.25, 0.3) is 10.4 Å². The topological polar surface area (TPSA) is 12.9 Å². The van der Waals surface area contributed by atoms with Crippen molar-refractivity contribution in [1.29, 1.82) is 0 Å². The quantitative estimate of drug-likeness (QED) is 0.740. The Labute approximate surface area is 116 Å². The predicted molar refractivity (Wildman–Crippen MR) is 75.6 cm³/mol. The second-order valence-electron chi connectivity index (χ2n) is 5.28. The summed E-state index contributed by atoms with van der Waals surface area (Å²) < 4.78 is 31.2. The number of halogens is 2. The minimum atomic E-state index is -0.807. The summed E-state index contributed by atoms with van der Waals surface area (Å²) in [6, 6.07) is 4.54. The monoisotopic (exact) mass is 281 g/mol. The van der Waals surface area contributed by atoms with Crippen LogP contribution < -0.4 is 0 Å². The van der Waals surface area contributed by atoms with E-state index < -0.39 is 11.6 Å². The normalized spacial score (nSPS) is 11.6. The Morgan fingerprint density at radius 1 is 0.947 bits per heavy atom. The number of nitrogens with zero attached hydrogens (tertiary/aromatic N) is 1. The smallest absolute Gasteiger partial charge is 0.159 e. The van der Waals surface area contributed by atoms with E-state index >= 15 is 0 Å². The molecule has 0 aliphatic rings. The lowest BCUT2D eigenvalue weighted by Gasteiger charge is -2.12. The fraction of sp³-hybridized carbons (Fsp3) is 0.400. The molecule has 0 saturated heterocycles. The largest absolute Gasteiger partial charge is 0.204 e. The Kier molecular flexibility index (Phi) is 3.99. The molecule has 2 aromatic rings. The van der Waals surface area contributed by atoms with Gasteiger partial charge in [0.2, 0.25) is 0 Å². The first-order valence-electron chi connectivity index (χ1n) is 6.36. The van der Waals surface area contributed by atoms with Gasteiger partial charge in [0.1, 0.15) is 0 Å². The second kappa shape index (κ2) is 5.37. The number of rotatable bonds is 3. The van der Waals surface area contributed by atoms with Crippen molar-refractivity contribution in [1.82, 2.24) is 4.37 Å². The first kappa shape index (κ1) is 14.1. The van der Waals surface area contributed by atoms with Crippen molar-refractivity contribution in [3.63, 3.8) is 0 Å². The maximum atomic E-state index is 13.5. The highest BCUT2D eigenvalue weighted by Crippen LogP contribution is 2.35. The average molecular weight is 281 g/mol. The van der Waals surface area contributed by atoms with Crippen LogP contribution in [0.4, 0.5) is 8.78 Å². The molecule has 2 rings (SSSR count). The molecule has 19 heavy (non-hydrogen) atoms. The van der Waals surface area contributed by atoms with Crippen molar-refractivity contribution in [2.45, 2.75) is 39.5 Å². The molecule has 0 atom stereocenters. The zero-order chi connectivity index (χ0) is 14.2. The molecule has 0 fully saturated rings. The molecule has 1 nitrogen and oxygen atoms in total. The van der Waals surface area contributed by atoms with Gasteiger partial charge >= 0.3 is 0 Å². The highest BCUT2D eigenvalue weighted by Gasteiger charge is 2.16. The Balaban J connectivity index is 2.56. The lowest BCUT2D eigenvalue weighted by atomic mass is 9.95. The summed E-state index contributed by atoms with van der Waals surface area (Å²) >= 11 is 1.34. The van der Waals surface area contributed by atoms with Crippen molar-refractivity contribution >= 4 is 11.5 Å². The van der Waals surface area contributed by atoms with E-state index in [-0.39, 0.29) is 5.92 Å². The van der Waals surface area contributed by atoms with Gasteiger partial charge in [-0.1, -0.05) is 27.7 Å². The van der Waals surface area contributed by atoms with Gasteiger partial charge in [-0.15, -0.1) is 0 Å². The van der Waals surface area contributed by atoms with Gasteiger partial charge in [-0.25, -0.2) is 8.78 Å². The van der Waals surface area contributed by atoms with Gasteiger partial charge < -0.3 is 0 Å². The summed E-state index contributed by atoms with van der Waals surface area (Å²) in [5, 5.41) is 0. The van der Waals surface area contributed by atoms with Gasteiger partial charge in [-0.3, -0.25) is 0 Å². The van der Waals surface area contributed by atoms with Crippen LogP contribution in [0.15, 0.2) is 18.2 Å². The van der Waals surface area contributed by atoms with E-state index in [2.05, 4.69) is 18.2 Å². The predicted octanol–water partition coefficient (Wildman–Crippen LogP) is 5.34. The van der Waals surface area contributed by atoms with E-state index in [1.54, 1.807) is 0 Å². The fourth-order valence-corrected chi connectivity index (χ4v) is 2.86. The van der Waals surface area contributed by atoms with Gasteiger partial charge in [0.05, 0.1) is 10.6 Å². The van der Waals surface area contributed by atoms with Gasteiger partial charge in [0, 0.05) is 0 Å². The van der Waals surface area contributed by atoms with Crippen molar-refractivity contribution < 1.29 is 8.78 Å². The van der Waals surface area contributed by atoms with Gasteiger partial charge in [-0.05, 0) is 52.7 Å². The molecular formula is C15H17F2NS. The van der Waals surface area contributed by atoms with E-state index in [0.29, 0.717) is 5.92 Å². The van der Waals surface area contributed by atoms with Crippen molar-refractivity contribution in [3.8, 4) is 10.4 Å².